The molecule has 16 nitrogen and oxygen atoms in total. The Bertz CT molecular complexity index is 2660. The number of hydrogen-bond donors (Lipinski definition) is 5. The predicted molar refractivity (Wildman–Crippen MR) is 292 cm³/mol. The van der Waals surface area contributed by atoms with Crippen molar-refractivity contribution in [1.29, 1.82) is 0 Å². The second kappa shape index (κ2) is 33.3. The molecule has 8 N–H and O–H groups in total. The fourth-order valence-corrected chi connectivity index (χ4v) is 10.3. The van der Waals surface area contributed by atoms with Gasteiger partial charge in [0.05, 0.1) is 6.10 Å². The molecule has 3 aromatic carbocycles. The standard InChI is InChI=1S/C20H28F3N3O2.C19H26F3N3O3.C19H26F3N3O2/c1-3-25(4-2)19(27)12-20(28)26-7-5-13(6-8-26)18(24)10-14-9-16(22)17(23)11-15(14)21;1-11(26)10-24-18(27)9-19(28)25-4-2-12(3-5-25)17(23)7-13-6-15(21)16(22)8-14(13)20;1-24(2)18(26)3-4-19(27)25-7-5-12(6-8-25)17(23)10-13-9-15(21)16(22)11-14(13)20/h9,11,13,18H,3-8,10,12,24H2,1-2H3;6,8,11-12,17,26H,2-5,7,9-10,23H2,1H3,(H,24,27);9,11-12,17H,3-8,10,23H2,1-2H3/t18-;11-,17-;17-/m111/s1. The van der Waals surface area contributed by atoms with E-state index in [1.165, 1.54) is 11.8 Å². The number of nitrogens with zero attached hydrogens (tertiary/aromatic N) is 5. The molecule has 3 fully saturated rings. The maximum Gasteiger partial charge on any atom is 0.232 e. The van der Waals surface area contributed by atoms with Gasteiger partial charge >= 0.3 is 0 Å². The van der Waals surface area contributed by atoms with Crippen molar-refractivity contribution in [3.05, 3.63) is 105 Å². The molecule has 3 heterocycles. The lowest BCUT2D eigenvalue weighted by molar-refractivity contribution is -0.141. The van der Waals surface area contributed by atoms with Gasteiger partial charge in [-0.2, -0.15) is 0 Å². The summed E-state index contributed by atoms with van der Waals surface area (Å²) in [6.07, 6.45) is 3.23. The molecule has 3 aliphatic rings. The quantitative estimate of drug-likeness (QED) is 0.0531. The molecular weight excluding hydrogens is 1110 g/mol. The van der Waals surface area contributed by atoms with E-state index in [-0.39, 0.29) is 115 Å². The fourth-order valence-electron chi connectivity index (χ4n) is 10.3. The molecule has 0 radical (unpaired) electrons. The molecule has 0 spiro atoms. The van der Waals surface area contributed by atoms with Crippen LogP contribution < -0.4 is 22.5 Å². The minimum Gasteiger partial charge on any atom is -0.392 e. The zero-order chi connectivity index (χ0) is 61.8. The first-order chi connectivity index (χ1) is 39.1. The number of hydrogen-bond acceptors (Lipinski definition) is 10. The highest BCUT2D eigenvalue weighted by atomic mass is 19.2. The van der Waals surface area contributed by atoms with Crippen LogP contribution in [0.3, 0.4) is 0 Å². The van der Waals surface area contributed by atoms with Crippen LogP contribution in [-0.2, 0) is 48.0 Å². The van der Waals surface area contributed by atoms with Crippen molar-refractivity contribution in [2.75, 3.05) is 73.0 Å². The molecule has 0 bridgehead atoms. The van der Waals surface area contributed by atoms with Gasteiger partial charge in [-0.25, -0.2) is 39.5 Å². The Labute approximate surface area is 479 Å². The third-order valence-electron chi connectivity index (χ3n) is 15.5. The van der Waals surface area contributed by atoms with Crippen LogP contribution in [0.4, 0.5) is 39.5 Å². The Morgan fingerprint density at radius 1 is 0.506 bits per heavy atom. The Kier molecular flexibility index (Phi) is 27.7. The molecular formula is C58H80F9N9O7. The van der Waals surface area contributed by atoms with E-state index >= 15 is 0 Å². The number of halogens is 9. The zero-order valence-electron chi connectivity index (χ0n) is 47.8. The lowest BCUT2D eigenvalue weighted by Gasteiger charge is -2.35. The second-order valence-electron chi connectivity index (χ2n) is 21.7. The summed E-state index contributed by atoms with van der Waals surface area (Å²) in [5.74, 6) is -10.6. The van der Waals surface area contributed by atoms with Crippen LogP contribution in [0, 0.1) is 70.1 Å². The Morgan fingerprint density at radius 3 is 1.13 bits per heavy atom. The van der Waals surface area contributed by atoms with E-state index in [0.29, 0.717) is 109 Å². The van der Waals surface area contributed by atoms with Gasteiger partial charge < -0.3 is 52.1 Å². The monoisotopic (exact) mass is 1190 g/mol. The van der Waals surface area contributed by atoms with Crippen LogP contribution in [-0.4, -0.2) is 162 Å². The number of aliphatic hydroxyl groups is 1. The van der Waals surface area contributed by atoms with Crippen molar-refractivity contribution >= 4 is 35.4 Å². The van der Waals surface area contributed by atoms with E-state index in [9.17, 15) is 68.3 Å². The summed E-state index contributed by atoms with van der Waals surface area (Å²) in [5, 5.41) is 11.6. The van der Waals surface area contributed by atoms with Crippen LogP contribution in [0.5, 0.6) is 0 Å². The van der Waals surface area contributed by atoms with Crippen LogP contribution >= 0.6 is 0 Å². The van der Waals surface area contributed by atoms with Crippen LogP contribution in [0.2, 0.25) is 0 Å². The summed E-state index contributed by atoms with van der Waals surface area (Å²) >= 11 is 0. The SMILES string of the molecule is CCN(CC)C(=O)CC(=O)N1CCC([C@H](N)Cc2cc(F)c(F)cc2F)CC1.CN(C)C(=O)CCC(=O)N1CCC([C@H](N)Cc2cc(F)c(F)cc2F)CC1.C[C@@H](O)CNC(=O)CC(=O)N1CCC([C@H](N)Cc2cc(F)c(F)cc2F)CC1. The number of likely N-dealkylation sites (tertiary alicyclic amines) is 3. The minimum atomic E-state index is -1.24. The average Bonchev–Trinajstić information content (AvgIpc) is 3.48. The van der Waals surface area contributed by atoms with E-state index in [4.69, 9.17) is 22.3 Å². The molecule has 3 aromatic rings. The topological polar surface area (TPSA) is 229 Å². The summed E-state index contributed by atoms with van der Waals surface area (Å²) in [6, 6.07) is 2.83. The van der Waals surface area contributed by atoms with E-state index in [1.807, 2.05) is 13.8 Å². The zero-order valence-corrected chi connectivity index (χ0v) is 47.8. The Morgan fingerprint density at radius 2 is 0.819 bits per heavy atom. The van der Waals surface area contributed by atoms with Gasteiger partial charge in [-0.15, -0.1) is 0 Å². The van der Waals surface area contributed by atoms with Gasteiger partial charge in [-0.3, -0.25) is 28.8 Å². The van der Waals surface area contributed by atoms with Gasteiger partial charge in [0.2, 0.25) is 35.4 Å². The molecule has 25 heteroatoms. The number of piperidine rings is 3. The molecule has 0 aromatic heterocycles. The first kappa shape index (κ1) is 69.2. The van der Waals surface area contributed by atoms with Crippen molar-refractivity contribution in [2.45, 2.75) is 128 Å². The molecule has 3 saturated heterocycles. The van der Waals surface area contributed by atoms with Crippen molar-refractivity contribution in [3.8, 4) is 0 Å². The summed E-state index contributed by atoms with van der Waals surface area (Å²) < 4.78 is 120. The molecule has 0 unspecified atom stereocenters. The Hall–Kier alpha value is -6.31. The van der Waals surface area contributed by atoms with E-state index in [1.54, 1.807) is 33.7 Å². The molecule has 3 aliphatic heterocycles. The van der Waals surface area contributed by atoms with Crippen LogP contribution in [0.25, 0.3) is 0 Å². The van der Waals surface area contributed by atoms with Crippen molar-refractivity contribution in [1.82, 2.24) is 29.8 Å². The number of amides is 6. The summed E-state index contributed by atoms with van der Waals surface area (Å²) in [7, 11) is 3.30. The van der Waals surface area contributed by atoms with Crippen molar-refractivity contribution in [2.24, 2.45) is 35.0 Å². The van der Waals surface area contributed by atoms with Crippen molar-refractivity contribution < 1.29 is 73.4 Å². The molecule has 462 valence electrons. The van der Waals surface area contributed by atoms with E-state index in [2.05, 4.69) is 5.32 Å². The maximum atomic E-state index is 13.8. The van der Waals surface area contributed by atoms with Crippen molar-refractivity contribution in [3.63, 3.8) is 0 Å². The first-order valence-corrected chi connectivity index (χ1v) is 28.0. The highest BCUT2D eigenvalue weighted by Crippen LogP contribution is 2.28. The number of rotatable bonds is 20. The molecule has 0 saturated carbocycles. The van der Waals surface area contributed by atoms with Crippen LogP contribution in [0.1, 0.15) is 102 Å². The molecule has 4 atom stereocenters. The first-order valence-electron chi connectivity index (χ1n) is 28.0. The molecule has 6 amide bonds. The summed E-state index contributed by atoms with van der Waals surface area (Å²) in [4.78, 5) is 80.1. The molecule has 0 aliphatic carbocycles. The Balaban J connectivity index is 0.000000267. The predicted octanol–water partition coefficient (Wildman–Crippen LogP) is 5.65. The normalized spacial score (nSPS) is 16.6. The second-order valence-corrected chi connectivity index (χ2v) is 21.7. The number of nitrogens with one attached hydrogen (secondary N) is 1. The highest BCUT2D eigenvalue weighted by Gasteiger charge is 2.32. The number of carbonyl (C=O) groups is 6. The lowest BCUT2D eigenvalue weighted by Crippen LogP contribution is -2.45. The van der Waals surface area contributed by atoms with Gasteiger partial charge in [-0.1, -0.05) is 0 Å². The molecule has 83 heavy (non-hydrogen) atoms. The van der Waals surface area contributed by atoms with Gasteiger partial charge in [0.1, 0.15) is 30.3 Å². The van der Waals surface area contributed by atoms with E-state index in [0.717, 1.165) is 18.2 Å². The van der Waals surface area contributed by atoms with Gasteiger partial charge in [0, 0.05) is 122 Å². The highest BCUT2D eigenvalue weighted by molar-refractivity contribution is 5.97. The van der Waals surface area contributed by atoms with E-state index < -0.39 is 82.5 Å². The average molecular weight is 1190 g/mol. The minimum absolute atomic E-state index is 0.000583. The number of carbonyl (C=O) groups excluding carboxylic acids is 6. The largest absolute Gasteiger partial charge is 0.392 e. The third kappa shape index (κ3) is 21.7. The molecule has 6 rings (SSSR count). The smallest absolute Gasteiger partial charge is 0.232 e. The lowest BCUT2D eigenvalue weighted by atomic mass is 9.86. The van der Waals surface area contributed by atoms with Crippen LogP contribution in [0.15, 0.2) is 36.4 Å². The number of nitrogens with two attached hydrogens (primary N) is 3. The van der Waals surface area contributed by atoms with Gasteiger partial charge in [0.25, 0.3) is 0 Å². The van der Waals surface area contributed by atoms with Gasteiger partial charge in [-0.05, 0) is 131 Å². The third-order valence-corrected chi connectivity index (χ3v) is 15.5. The number of aliphatic hydroxyl groups excluding tert-OH is 1. The maximum absolute atomic E-state index is 13.8. The summed E-state index contributed by atoms with van der Waals surface area (Å²) in [5.41, 5.74) is 18.6. The summed E-state index contributed by atoms with van der Waals surface area (Å²) in [6.45, 7) is 9.32. The number of benzene rings is 3. The van der Waals surface area contributed by atoms with Gasteiger partial charge in [0.15, 0.2) is 34.9 Å². The fraction of sp³-hybridized carbons (Fsp3) is 0.586.